The first-order valence-electron chi connectivity index (χ1n) is 25.6. The first-order valence-corrected chi connectivity index (χ1v) is 26.4. The lowest BCUT2D eigenvalue weighted by Crippen LogP contribution is -2.60. The van der Waals surface area contributed by atoms with Gasteiger partial charge in [-0.25, -0.2) is 0 Å². The highest BCUT2D eigenvalue weighted by atomic mass is 32.1. The normalized spacial score (nSPS) is 19.6. The minimum Gasteiger partial charge on any atom is -0.334 e. The van der Waals surface area contributed by atoms with Gasteiger partial charge < -0.3 is 14.4 Å². The van der Waals surface area contributed by atoms with E-state index in [9.17, 15) is 0 Å². The van der Waals surface area contributed by atoms with Crippen LogP contribution < -0.4 is 26.2 Å². The number of para-hydroxylation sites is 1. The largest absolute Gasteiger partial charge is 0.334 e. The molecule has 1 fully saturated rings. The first kappa shape index (κ1) is 43.0. The summed E-state index contributed by atoms with van der Waals surface area (Å²) < 4.78 is 4.05. The zero-order valence-corrected chi connectivity index (χ0v) is 43.3. The molecule has 69 heavy (non-hydrogen) atoms. The lowest BCUT2D eigenvalue weighted by molar-refractivity contribution is 0.195. The Kier molecular flexibility index (Phi) is 8.91. The molecule has 7 aromatic carbocycles. The topological polar surface area (TPSA) is 11.4 Å². The highest BCUT2D eigenvalue weighted by molar-refractivity contribution is 7.26. The monoisotopic (exact) mass is 917 g/mol. The summed E-state index contributed by atoms with van der Waals surface area (Å²) in [4.78, 5) is 6.88. The minimum atomic E-state index is -0.129. The van der Waals surface area contributed by atoms with Crippen LogP contribution in [0.4, 0.5) is 28.4 Å². The maximum Gasteiger partial charge on any atom is 0.252 e. The molecular weight excluding hydrogens is 854 g/mol. The van der Waals surface area contributed by atoms with Gasteiger partial charge in [0.25, 0.3) is 6.71 Å². The number of hydrogen-bond donors (Lipinski definition) is 0. The molecule has 3 aliphatic heterocycles. The van der Waals surface area contributed by atoms with Crippen LogP contribution in [0.3, 0.4) is 0 Å². The van der Waals surface area contributed by atoms with Crippen molar-refractivity contribution in [3.8, 4) is 16.8 Å². The quantitative estimate of drug-likeness (QED) is 0.164. The van der Waals surface area contributed by atoms with Crippen LogP contribution in [0.5, 0.6) is 0 Å². The molecule has 2 aromatic heterocycles. The van der Waals surface area contributed by atoms with E-state index < -0.39 is 0 Å². The Morgan fingerprint density at radius 3 is 1.93 bits per heavy atom. The van der Waals surface area contributed by atoms with E-state index in [1.807, 2.05) is 11.3 Å². The molecule has 13 rings (SSSR count). The maximum atomic E-state index is 2.84. The van der Waals surface area contributed by atoms with Gasteiger partial charge in [-0.3, -0.25) is 0 Å². The van der Waals surface area contributed by atoms with E-state index in [0.717, 1.165) is 6.42 Å². The zero-order valence-electron chi connectivity index (χ0n) is 42.4. The second kappa shape index (κ2) is 14.3. The van der Waals surface area contributed by atoms with Gasteiger partial charge in [0.1, 0.15) is 4.83 Å². The van der Waals surface area contributed by atoms with Gasteiger partial charge in [-0.1, -0.05) is 179 Å². The van der Waals surface area contributed by atoms with Crippen molar-refractivity contribution in [1.29, 1.82) is 0 Å². The van der Waals surface area contributed by atoms with Crippen molar-refractivity contribution >= 4 is 94.1 Å². The number of hydrogen-bond acceptors (Lipinski definition) is 3. The third kappa shape index (κ3) is 5.92. The molecule has 4 aliphatic rings. The van der Waals surface area contributed by atoms with Crippen LogP contribution in [-0.4, -0.2) is 16.8 Å². The summed E-state index contributed by atoms with van der Waals surface area (Å²) in [6, 6.07) is 55.0. The number of nitrogens with zero attached hydrogens (tertiary/aromatic N) is 3. The third-order valence-electron chi connectivity index (χ3n) is 17.4. The fourth-order valence-corrected chi connectivity index (χ4v) is 14.6. The van der Waals surface area contributed by atoms with Crippen molar-refractivity contribution in [2.24, 2.45) is 0 Å². The van der Waals surface area contributed by atoms with E-state index in [4.69, 9.17) is 0 Å². The second-order valence-corrected chi connectivity index (χ2v) is 25.6. The fraction of sp³-hybridized carbons (Fsp3) is 0.312. The van der Waals surface area contributed by atoms with Gasteiger partial charge in [0.05, 0.1) is 16.7 Å². The predicted octanol–water partition coefficient (Wildman–Crippen LogP) is 15.9. The molecule has 0 amide bonds. The molecule has 0 N–H and O–H groups in total. The van der Waals surface area contributed by atoms with Crippen molar-refractivity contribution in [3.63, 3.8) is 0 Å². The van der Waals surface area contributed by atoms with Gasteiger partial charge >= 0.3 is 0 Å². The first-order chi connectivity index (χ1) is 32.9. The second-order valence-electron chi connectivity index (χ2n) is 24.5. The highest BCUT2D eigenvalue weighted by Gasteiger charge is 2.58. The van der Waals surface area contributed by atoms with Crippen LogP contribution in [-0.2, 0) is 21.7 Å². The van der Waals surface area contributed by atoms with E-state index in [1.54, 1.807) is 0 Å². The molecule has 9 aromatic rings. The maximum absolute atomic E-state index is 2.84. The fourth-order valence-electron chi connectivity index (χ4n) is 13.4. The lowest BCUT2D eigenvalue weighted by Gasteiger charge is -2.51. The minimum absolute atomic E-state index is 0.0132. The smallest absolute Gasteiger partial charge is 0.252 e. The van der Waals surface area contributed by atoms with Crippen molar-refractivity contribution in [2.75, 3.05) is 9.80 Å². The Hall–Kier alpha value is -6.04. The molecule has 1 aliphatic carbocycles. The van der Waals surface area contributed by atoms with Gasteiger partial charge in [-0.2, -0.15) is 0 Å². The third-order valence-corrected chi connectivity index (χ3v) is 18.6. The standard InChI is InChI=1S/C64H64BN3S/c1-60(2,3)40-27-30-50(46(34-40)39-20-13-12-14-21-39)66-52-36-42(62(7,8)9)26-29-48(52)65-49-24-19-23-45-56-44-22-15-16-25-55(44)69-59(56)67(58(45)49)54-38-43(37-53(66)57(54)65)68-51-31-28-41(61(4,5)6)35-47(51)63(10)32-17-18-33-64(63,68)11/h12-16,19-31,34-38H,17-18,32-33H2,1-11H3. The van der Waals surface area contributed by atoms with Gasteiger partial charge in [-0.05, 0) is 123 Å². The Morgan fingerprint density at radius 1 is 0.536 bits per heavy atom. The predicted molar refractivity (Wildman–Crippen MR) is 300 cm³/mol. The number of anilines is 5. The zero-order chi connectivity index (χ0) is 47.7. The molecule has 3 nitrogen and oxygen atoms in total. The number of benzene rings is 7. The Balaban J connectivity index is 1.20. The molecule has 344 valence electrons. The van der Waals surface area contributed by atoms with Gasteiger partial charge in [-0.15, -0.1) is 11.3 Å². The molecule has 2 unspecified atom stereocenters. The average Bonchev–Trinajstić information content (AvgIpc) is 3.92. The van der Waals surface area contributed by atoms with E-state index in [0.29, 0.717) is 0 Å². The van der Waals surface area contributed by atoms with E-state index in [-0.39, 0.29) is 33.9 Å². The molecular formula is C64H64BN3S. The van der Waals surface area contributed by atoms with Crippen LogP contribution in [0.25, 0.3) is 48.0 Å². The molecule has 5 heterocycles. The summed E-state index contributed by atoms with van der Waals surface area (Å²) in [5.74, 6) is 0. The lowest BCUT2D eigenvalue weighted by atomic mass is 9.33. The summed E-state index contributed by atoms with van der Waals surface area (Å²) in [6.07, 6.45) is 4.81. The summed E-state index contributed by atoms with van der Waals surface area (Å²) in [5, 5.41) is 4.08. The molecule has 2 atom stereocenters. The summed E-state index contributed by atoms with van der Waals surface area (Å²) in [7, 11) is 0. The Morgan fingerprint density at radius 2 is 1.17 bits per heavy atom. The van der Waals surface area contributed by atoms with Crippen LogP contribution in [0.2, 0.25) is 0 Å². The highest BCUT2D eigenvalue weighted by Crippen LogP contribution is 2.62. The SMILES string of the molecule is CC(C)(C)c1ccc(N2c3cc(C(C)(C)C)ccc3B3c4c2cc(N2c5ccc(C(C)(C)C)cc5C5(C)CCCCC25C)cc4-n2c4sc5ccccc5c4c4cccc3c42)c(-c2ccccc2)c1. The molecule has 0 spiro atoms. The summed E-state index contributed by atoms with van der Waals surface area (Å²) in [5.41, 5.74) is 21.2. The van der Waals surface area contributed by atoms with Crippen molar-refractivity contribution in [1.82, 2.24) is 4.57 Å². The molecule has 0 saturated heterocycles. The van der Waals surface area contributed by atoms with Crippen molar-refractivity contribution < 1.29 is 0 Å². The number of thiophene rings is 1. The average molecular weight is 918 g/mol. The van der Waals surface area contributed by atoms with Crippen LogP contribution in [0.15, 0.2) is 140 Å². The van der Waals surface area contributed by atoms with Gasteiger partial charge in [0, 0.05) is 60.3 Å². The van der Waals surface area contributed by atoms with E-state index in [1.165, 1.54) is 134 Å². The van der Waals surface area contributed by atoms with Crippen LogP contribution in [0, 0.1) is 0 Å². The van der Waals surface area contributed by atoms with E-state index in [2.05, 4.69) is 230 Å². The number of rotatable bonds is 3. The summed E-state index contributed by atoms with van der Waals surface area (Å²) in [6.45, 7) is 26.5. The van der Waals surface area contributed by atoms with E-state index >= 15 is 0 Å². The molecule has 1 saturated carbocycles. The molecule has 5 heteroatoms. The van der Waals surface area contributed by atoms with Crippen LogP contribution in [0.1, 0.15) is 124 Å². The van der Waals surface area contributed by atoms with Gasteiger partial charge in [0.2, 0.25) is 0 Å². The Labute approximate surface area is 413 Å². The summed E-state index contributed by atoms with van der Waals surface area (Å²) >= 11 is 1.95. The van der Waals surface area contributed by atoms with Crippen molar-refractivity contribution in [3.05, 3.63) is 162 Å². The Bertz CT molecular complexity index is 3630. The van der Waals surface area contributed by atoms with Crippen LogP contribution >= 0.6 is 11.3 Å². The van der Waals surface area contributed by atoms with Gasteiger partial charge in [0.15, 0.2) is 0 Å². The number of fused-ring (bicyclic) bond motifs is 12. The van der Waals surface area contributed by atoms with Crippen molar-refractivity contribution in [2.45, 2.75) is 129 Å². The number of aromatic nitrogens is 1. The molecule has 0 radical (unpaired) electrons. The molecule has 0 bridgehead atoms.